The Hall–Kier alpha value is -1.28. The van der Waals surface area contributed by atoms with E-state index in [9.17, 15) is 0 Å². The lowest BCUT2D eigenvalue weighted by Gasteiger charge is -2.19. The van der Waals surface area contributed by atoms with Crippen LogP contribution in [0.25, 0.3) is 0 Å². The largest absolute Gasteiger partial charge is 0.496 e. The number of hydrogen-bond acceptors (Lipinski definition) is 2. The average molecular weight is 233 g/mol. The molecule has 1 aromatic rings. The summed E-state index contributed by atoms with van der Waals surface area (Å²) in [4.78, 5) is 0. The summed E-state index contributed by atoms with van der Waals surface area (Å²) in [5, 5.41) is 3.49. The number of rotatable bonds is 6. The van der Waals surface area contributed by atoms with Gasteiger partial charge in [-0.3, -0.25) is 0 Å². The van der Waals surface area contributed by atoms with E-state index in [0.29, 0.717) is 6.04 Å². The van der Waals surface area contributed by atoms with E-state index in [2.05, 4.69) is 44.8 Å². The molecule has 0 heterocycles. The van der Waals surface area contributed by atoms with Gasteiger partial charge in [0.15, 0.2) is 0 Å². The molecule has 1 rings (SSSR count). The van der Waals surface area contributed by atoms with E-state index in [-0.39, 0.29) is 0 Å². The van der Waals surface area contributed by atoms with Gasteiger partial charge in [-0.05, 0) is 44.0 Å². The van der Waals surface area contributed by atoms with Crippen LogP contribution in [0.4, 0.5) is 0 Å². The Kier molecular flexibility index (Phi) is 5.23. The molecule has 1 atom stereocenters. The highest BCUT2D eigenvalue weighted by molar-refractivity contribution is 5.37. The Balaban J connectivity index is 2.93. The van der Waals surface area contributed by atoms with Gasteiger partial charge in [-0.1, -0.05) is 24.6 Å². The zero-order valence-electron chi connectivity index (χ0n) is 11.3. The van der Waals surface area contributed by atoms with E-state index in [1.165, 1.54) is 16.7 Å². The van der Waals surface area contributed by atoms with E-state index in [0.717, 1.165) is 18.7 Å². The van der Waals surface area contributed by atoms with E-state index in [1.54, 1.807) is 7.11 Å². The molecular weight excluding hydrogens is 210 g/mol. The van der Waals surface area contributed by atoms with Crippen LogP contribution in [0.3, 0.4) is 0 Å². The predicted molar refractivity (Wildman–Crippen MR) is 73.6 cm³/mol. The van der Waals surface area contributed by atoms with Gasteiger partial charge in [-0.2, -0.15) is 0 Å². The highest BCUT2D eigenvalue weighted by Crippen LogP contribution is 2.25. The first-order valence-electron chi connectivity index (χ1n) is 6.10. The number of ether oxygens (including phenoxy) is 1. The van der Waals surface area contributed by atoms with Crippen molar-refractivity contribution >= 4 is 0 Å². The molecule has 0 bridgehead atoms. The minimum Gasteiger partial charge on any atom is -0.496 e. The van der Waals surface area contributed by atoms with Crippen molar-refractivity contribution in [2.45, 2.75) is 33.2 Å². The fraction of sp³-hybridized carbons (Fsp3) is 0.467. The zero-order chi connectivity index (χ0) is 12.8. The van der Waals surface area contributed by atoms with Crippen molar-refractivity contribution in [2.24, 2.45) is 0 Å². The quantitative estimate of drug-likeness (QED) is 0.758. The van der Waals surface area contributed by atoms with Crippen LogP contribution in [0, 0.1) is 6.92 Å². The summed E-state index contributed by atoms with van der Waals surface area (Å²) < 4.78 is 5.28. The molecule has 1 unspecified atom stereocenters. The molecule has 0 spiro atoms. The molecular formula is C15H23NO. The molecule has 0 aromatic heterocycles. The van der Waals surface area contributed by atoms with Crippen molar-refractivity contribution in [1.82, 2.24) is 5.32 Å². The number of aryl methyl sites for hydroxylation is 1. The first-order chi connectivity index (χ1) is 8.08. The number of benzene rings is 1. The van der Waals surface area contributed by atoms with Gasteiger partial charge in [0.05, 0.1) is 7.11 Å². The van der Waals surface area contributed by atoms with Crippen molar-refractivity contribution in [3.05, 3.63) is 41.5 Å². The molecule has 0 aliphatic heterocycles. The molecule has 0 saturated heterocycles. The van der Waals surface area contributed by atoms with E-state index < -0.39 is 0 Å². The highest BCUT2D eigenvalue weighted by Gasteiger charge is 2.11. The van der Waals surface area contributed by atoms with E-state index in [4.69, 9.17) is 4.74 Å². The van der Waals surface area contributed by atoms with Crippen LogP contribution in [0.2, 0.25) is 0 Å². The van der Waals surface area contributed by atoms with Gasteiger partial charge in [0.25, 0.3) is 0 Å². The summed E-state index contributed by atoms with van der Waals surface area (Å²) in [5.74, 6) is 0.944. The standard InChI is InChI=1S/C15H23NO/c1-6-16-14(9-11(2)3)13-7-8-15(17-5)12(4)10-13/h7-8,10,14,16H,2,6,9H2,1,3-5H3. The van der Waals surface area contributed by atoms with Gasteiger partial charge in [-0.15, -0.1) is 6.58 Å². The van der Waals surface area contributed by atoms with Crippen molar-refractivity contribution in [1.29, 1.82) is 0 Å². The lowest BCUT2D eigenvalue weighted by atomic mass is 9.98. The molecule has 17 heavy (non-hydrogen) atoms. The Labute approximate surface area is 105 Å². The van der Waals surface area contributed by atoms with Gasteiger partial charge in [0.1, 0.15) is 5.75 Å². The van der Waals surface area contributed by atoms with Crippen LogP contribution in [0.5, 0.6) is 5.75 Å². The second kappa shape index (κ2) is 6.45. The molecule has 0 radical (unpaired) electrons. The normalized spacial score (nSPS) is 12.2. The topological polar surface area (TPSA) is 21.3 Å². The lowest BCUT2D eigenvalue weighted by Crippen LogP contribution is -2.21. The number of nitrogens with one attached hydrogen (secondary N) is 1. The van der Waals surface area contributed by atoms with Crippen LogP contribution in [0.1, 0.15) is 37.4 Å². The van der Waals surface area contributed by atoms with Gasteiger partial charge in [0.2, 0.25) is 0 Å². The zero-order valence-corrected chi connectivity index (χ0v) is 11.3. The fourth-order valence-electron chi connectivity index (χ4n) is 2.02. The first-order valence-corrected chi connectivity index (χ1v) is 6.10. The van der Waals surface area contributed by atoms with Gasteiger partial charge >= 0.3 is 0 Å². The monoisotopic (exact) mass is 233 g/mol. The number of hydrogen-bond donors (Lipinski definition) is 1. The molecule has 0 aliphatic rings. The highest BCUT2D eigenvalue weighted by atomic mass is 16.5. The van der Waals surface area contributed by atoms with Crippen molar-refractivity contribution in [3.63, 3.8) is 0 Å². The molecule has 0 aliphatic carbocycles. The molecule has 2 heteroatoms. The second-order valence-electron chi connectivity index (χ2n) is 4.50. The number of methoxy groups -OCH3 is 1. The molecule has 0 saturated carbocycles. The second-order valence-corrected chi connectivity index (χ2v) is 4.50. The van der Waals surface area contributed by atoms with Gasteiger partial charge in [0, 0.05) is 6.04 Å². The summed E-state index contributed by atoms with van der Waals surface area (Å²) in [6.07, 6.45) is 0.972. The SMILES string of the molecule is C=C(C)CC(NCC)c1ccc(OC)c(C)c1. The van der Waals surface area contributed by atoms with Crippen LogP contribution in [-0.2, 0) is 0 Å². The van der Waals surface area contributed by atoms with Crippen LogP contribution >= 0.6 is 0 Å². The van der Waals surface area contributed by atoms with Gasteiger partial charge < -0.3 is 10.1 Å². The molecule has 2 nitrogen and oxygen atoms in total. The van der Waals surface area contributed by atoms with Crippen LogP contribution in [-0.4, -0.2) is 13.7 Å². The maximum Gasteiger partial charge on any atom is 0.121 e. The first kappa shape index (κ1) is 13.8. The van der Waals surface area contributed by atoms with Crippen molar-refractivity contribution in [2.75, 3.05) is 13.7 Å². The lowest BCUT2D eigenvalue weighted by molar-refractivity contribution is 0.411. The predicted octanol–water partition coefficient (Wildman–Crippen LogP) is 3.62. The van der Waals surface area contributed by atoms with Gasteiger partial charge in [-0.25, -0.2) is 0 Å². The molecule has 1 N–H and O–H groups in total. The molecule has 94 valence electrons. The molecule has 1 aromatic carbocycles. The Morgan fingerprint density at radius 3 is 2.65 bits per heavy atom. The summed E-state index contributed by atoms with van der Waals surface area (Å²) in [5.41, 5.74) is 3.67. The van der Waals surface area contributed by atoms with Crippen LogP contribution < -0.4 is 10.1 Å². The van der Waals surface area contributed by atoms with Crippen LogP contribution in [0.15, 0.2) is 30.4 Å². The summed E-state index contributed by atoms with van der Waals surface area (Å²) in [6, 6.07) is 6.70. The minimum absolute atomic E-state index is 0.349. The third-order valence-electron chi connectivity index (χ3n) is 2.82. The molecule has 0 amide bonds. The Bertz CT molecular complexity index is 385. The fourth-order valence-corrected chi connectivity index (χ4v) is 2.02. The summed E-state index contributed by atoms with van der Waals surface area (Å²) in [7, 11) is 1.71. The third kappa shape index (κ3) is 3.90. The molecule has 0 fully saturated rings. The van der Waals surface area contributed by atoms with Crippen molar-refractivity contribution < 1.29 is 4.74 Å². The summed E-state index contributed by atoms with van der Waals surface area (Å²) >= 11 is 0. The Morgan fingerprint density at radius 2 is 2.18 bits per heavy atom. The third-order valence-corrected chi connectivity index (χ3v) is 2.82. The Morgan fingerprint density at radius 1 is 1.47 bits per heavy atom. The minimum atomic E-state index is 0.349. The van der Waals surface area contributed by atoms with E-state index >= 15 is 0 Å². The van der Waals surface area contributed by atoms with Crippen molar-refractivity contribution in [3.8, 4) is 5.75 Å². The average Bonchev–Trinajstić information content (AvgIpc) is 2.28. The van der Waals surface area contributed by atoms with E-state index in [1.807, 2.05) is 6.07 Å². The maximum absolute atomic E-state index is 5.28. The summed E-state index contributed by atoms with van der Waals surface area (Å²) in [6.45, 7) is 11.2. The smallest absolute Gasteiger partial charge is 0.121 e. The maximum atomic E-state index is 5.28.